The standard InChI is InChI=1S/C35H38O14S4/c1-24-5-13-28(14-6-24)50(36,37)46-21-32-34(48-52(40,41)30-17-9-26(3)10-18-30)35(49-53(42,43)31-19-11-27(4)12-20-31)33(45-23-44-32)22-47-51(38,39)29-15-7-25(2)8-16-29/h5-20,32-35H,21-23H2,1-4H3/t32-,33-,34+,35+/m0/s1. The normalized spacial score (nSPS) is 20.2. The van der Waals surface area contributed by atoms with Gasteiger partial charge in [-0.25, -0.2) is 0 Å². The predicted molar refractivity (Wildman–Crippen MR) is 190 cm³/mol. The van der Waals surface area contributed by atoms with Crippen molar-refractivity contribution in [2.75, 3.05) is 20.0 Å². The van der Waals surface area contributed by atoms with Crippen LogP contribution in [0.3, 0.4) is 0 Å². The topological polar surface area (TPSA) is 192 Å². The van der Waals surface area contributed by atoms with Gasteiger partial charge in [0.15, 0.2) is 0 Å². The van der Waals surface area contributed by atoms with Gasteiger partial charge in [0, 0.05) is 0 Å². The fraction of sp³-hybridized carbons (Fsp3) is 0.314. The van der Waals surface area contributed by atoms with Crippen LogP contribution in [-0.2, 0) is 66.7 Å². The summed E-state index contributed by atoms with van der Waals surface area (Å²) >= 11 is 0. The third kappa shape index (κ3) is 10.4. The molecule has 0 aromatic heterocycles. The molecule has 1 fully saturated rings. The molecule has 0 radical (unpaired) electrons. The summed E-state index contributed by atoms with van der Waals surface area (Å²) in [5.41, 5.74) is 2.99. The van der Waals surface area contributed by atoms with E-state index in [1.165, 1.54) is 72.8 Å². The lowest BCUT2D eigenvalue weighted by molar-refractivity contribution is -0.117. The summed E-state index contributed by atoms with van der Waals surface area (Å²) in [7, 11) is -18.5. The molecule has 4 atom stereocenters. The van der Waals surface area contributed by atoms with Crippen LogP contribution in [0.25, 0.3) is 0 Å². The van der Waals surface area contributed by atoms with Crippen LogP contribution in [0.5, 0.6) is 0 Å². The SMILES string of the molecule is Cc1ccc(S(=O)(=O)OC[C@@H]2OCO[C@@H](COS(=O)(=O)c3ccc(C)cc3)[C@@H](OS(=O)(=O)c3ccc(C)cc3)[C@@H]2OS(=O)(=O)c2ccc(C)cc2)cc1. The van der Waals surface area contributed by atoms with Crippen molar-refractivity contribution >= 4 is 40.5 Å². The molecule has 0 bridgehead atoms. The van der Waals surface area contributed by atoms with Crippen LogP contribution in [-0.4, -0.2) is 78.1 Å². The lowest BCUT2D eigenvalue weighted by atomic mass is 10.0. The number of rotatable bonds is 14. The Morgan fingerprint density at radius 1 is 0.434 bits per heavy atom. The van der Waals surface area contributed by atoms with Gasteiger partial charge < -0.3 is 9.47 Å². The Balaban J connectivity index is 1.57. The zero-order chi connectivity index (χ0) is 38.6. The lowest BCUT2D eigenvalue weighted by Crippen LogP contribution is -2.51. The molecular weight excluding hydrogens is 773 g/mol. The first-order valence-corrected chi connectivity index (χ1v) is 21.6. The molecule has 53 heavy (non-hydrogen) atoms. The minimum absolute atomic E-state index is 0.222. The van der Waals surface area contributed by atoms with Crippen molar-refractivity contribution < 1.29 is 59.9 Å². The Kier molecular flexibility index (Phi) is 12.6. The second kappa shape index (κ2) is 16.4. The molecule has 14 nitrogen and oxygen atoms in total. The first kappa shape index (κ1) is 40.6. The maximum Gasteiger partial charge on any atom is 0.297 e. The molecule has 1 aliphatic rings. The highest BCUT2D eigenvalue weighted by Gasteiger charge is 2.47. The van der Waals surface area contributed by atoms with E-state index in [1.54, 1.807) is 52.0 Å². The molecule has 4 aromatic carbocycles. The monoisotopic (exact) mass is 810 g/mol. The van der Waals surface area contributed by atoms with Crippen LogP contribution >= 0.6 is 0 Å². The van der Waals surface area contributed by atoms with Gasteiger partial charge in [0.1, 0.15) is 31.2 Å². The largest absolute Gasteiger partial charge is 0.347 e. The van der Waals surface area contributed by atoms with Gasteiger partial charge in [0.05, 0.1) is 32.8 Å². The smallest absolute Gasteiger partial charge is 0.297 e. The number of hydrogen-bond donors (Lipinski definition) is 0. The highest BCUT2D eigenvalue weighted by atomic mass is 32.2. The molecule has 0 saturated carbocycles. The van der Waals surface area contributed by atoms with E-state index in [2.05, 4.69) is 0 Å². The highest BCUT2D eigenvalue weighted by molar-refractivity contribution is 7.87. The van der Waals surface area contributed by atoms with Gasteiger partial charge in [-0.05, 0) is 76.2 Å². The summed E-state index contributed by atoms with van der Waals surface area (Å²) in [6.45, 7) is 4.40. The van der Waals surface area contributed by atoms with E-state index in [0.29, 0.717) is 0 Å². The van der Waals surface area contributed by atoms with Crippen LogP contribution in [0.2, 0.25) is 0 Å². The summed E-state index contributed by atoms with van der Waals surface area (Å²) < 4.78 is 141. The zero-order valence-corrected chi connectivity index (χ0v) is 32.3. The van der Waals surface area contributed by atoms with Crippen molar-refractivity contribution in [3.8, 4) is 0 Å². The van der Waals surface area contributed by atoms with Gasteiger partial charge in [-0.15, -0.1) is 0 Å². The third-order valence-corrected chi connectivity index (χ3v) is 13.4. The van der Waals surface area contributed by atoms with Gasteiger partial charge in [-0.2, -0.15) is 33.7 Å². The van der Waals surface area contributed by atoms with Gasteiger partial charge in [-0.3, -0.25) is 16.7 Å². The quantitative estimate of drug-likeness (QED) is 0.164. The van der Waals surface area contributed by atoms with Crippen LogP contribution in [0, 0.1) is 27.7 Å². The van der Waals surface area contributed by atoms with Crippen molar-refractivity contribution in [3.05, 3.63) is 119 Å². The molecule has 0 unspecified atom stereocenters. The van der Waals surface area contributed by atoms with Crippen LogP contribution in [0.15, 0.2) is 117 Å². The van der Waals surface area contributed by atoms with E-state index in [4.69, 9.17) is 26.2 Å². The van der Waals surface area contributed by atoms with E-state index < -0.39 is 84.9 Å². The maximum absolute atomic E-state index is 13.8. The average Bonchev–Trinajstić information content (AvgIpc) is 3.25. The van der Waals surface area contributed by atoms with E-state index in [1.807, 2.05) is 0 Å². The average molecular weight is 811 g/mol. The van der Waals surface area contributed by atoms with E-state index in [-0.39, 0.29) is 19.6 Å². The highest BCUT2D eigenvalue weighted by Crippen LogP contribution is 2.30. The Morgan fingerprint density at radius 2 is 0.679 bits per heavy atom. The zero-order valence-electron chi connectivity index (χ0n) is 29.0. The van der Waals surface area contributed by atoms with Crippen LogP contribution < -0.4 is 0 Å². The second-order valence-corrected chi connectivity index (χ2v) is 18.7. The molecule has 0 N–H and O–H groups in total. The summed E-state index contributed by atoms with van der Waals surface area (Å²) in [5, 5.41) is 0. The number of benzene rings is 4. The minimum atomic E-state index is -4.78. The van der Waals surface area contributed by atoms with E-state index in [9.17, 15) is 33.7 Å². The maximum atomic E-state index is 13.8. The molecule has 4 aromatic rings. The van der Waals surface area contributed by atoms with Crippen molar-refractivity contribution in [2.24, 2.45) is 0 Å². The van der Waals surface area contributed by atoms with Crippen molar-refractivity contribution in [3.63, 3.8) is 0 Å². The molecule has 0 spiro atoms. The summed E-state index contributed by atoms with van der Waals surface area (Å²) in [5.74, 6) is 0. The number of hydrogen-bond acceptors (Lipinski definition) is 14. The fourth-order valence-electron chi connectivity index (χ4n) is 5.02. The molecule has 286 valence electrons. The van der Waals surface area contributed by atoms with Gasteiger partial charge in [-0.1, -0.05) is 70.8 Å². The van der Waals surface area contributed by atoms with Crippen LogP contribution in [0.4, 0.5) is 0 Å². The molecular formula is C35H38O14S4. The lowest BCUT2D eigenvalue weighted by Gasteiger charge is -2.32. The molecule has 18 heteroatoms. The van der Waals surface area contributed by atoms with Gasteiger partial charge >= 0.3 is 0 Å². The van der Waals surface area contributed by atoms with Crippen molar-refractivity contribution in [1.29, 1.82) is 0 Å². The van der Waals surface area contributed by atoms with Crippen molar-refractivity contribution in [2.45, 2.75) is 71.7 Å². The second-order valence-electron chi connectivity index (χ2n) is 12.3. The number of ether oxygens (including phenoxy) is 2. The Morgan fingerprint density at radius 3 is 0.943 bits per heavy atom. The summed E-state index contributed by atoms with van der Waals surface area (Å²) in [6.07, 6.45) is -7.47. The molecule has 5 rings (SSSR count). The first-order valence-electron chi connectivity index (χ1n) is 16.0. The Bertz CT molecular complexity index is 2140. The molecule has 1 aliphatic heterocycles. The van der Waals surface area contributed by atoms with Crippen LogP contribution in [0.1, 0.15) is 22.3 Å². The third-order valence-electron chi connectivity index (χ3n) is 8.11. The summed E-state index contributed by atoms with van der Waals surface area (Å²) in [6, 6.07) is 22.4. The van der Waals surface area contributed by atoms with Crippen molar-refractivity contribution in [1.82, 2.24) is 0 Å². The molecule has 0 aliphatic carbocycles. The Hall–Kier alpha value is -3.56. The van der Waals surface area contributed by atoms with E-state index in [0.717, 1.165) is 22.3 Å². The number of aryl methyl sites for hydroxylation is 4. The predicted octanol–water partition coefficient (Wildman–Crippen LogP) is 4.32. The molecule has 1 heterocycles. The summed E-state index contributed by atoms with van der Waals surface area (Å²) in [4.78, 5) is -1.12. The molecule has 1 saturated heterocycles. The van der Waals surface area contributed by atoms with E-state index >= 15 is 0 Å². The molecule has 0 amide bonds. The van der Waals surface area contributed by atoms with Gasteiger partial charge in [0.2, 0.25) is 0 Å². The Labute approximate surface area is 310 Å². The first-order chi connectivity index (χ1) is 24.9. The van der Waals surface area contributed by atoms with Gasteiger partial charge in [0.25, 0.3) is 40.5 Å². The minimum Gasteiger partial charge on any atom is -0.347 e. The fourth-order valence-corrected chi connectivity index (χ4v) is 9.07.